The van der Waals surface area contributed by atoms with Crippen LogP contribution in [0, 0.1) is 6.92 Å². The Morgan fingerprint density at radius 2 is 1.92 bits per heavy atom. The zero-order valence-electron chi connectivity index (χ0n) is 13.8. The van der Waals surface area contributed by atoms with Crippen LogP contribution in [0.15, 0.2) is 35.1 Å². The standard InChI is InChI=1S/C17H17Cl2N3O3/c1-10-5-12(7-16(23)21(10)2)25-13-8-22(9-13)17(24)20-11-3-4-14(18)15(19)6-11/h3-7,13H,8-9H2,1-2H3,(H,20,24). The van der Waals surface area contributed by atoms with Gasteiger partial charge in [0.05, 0.1) is 23.1 Å². The van der Waals surface area contributed by atoms with Crippen LogP contribution in [-0.4, -0.2) is 34.7 Å². The molecule has 2 heterocycles. The summed E-state index contributed by atoms with van der Waals surface area (Å²) in [5, 5.41) is 3.57. The second kappa shape index (κ2) is 6.98. The van der Waals surface area contributed by atoms with Gasteiger partial charge in [-0.3, -0.25) is 4.79 Å². The van der Waals surface area contributed by atoms with Crippen molar-refractivity contribution in [2.45, 2.75) is 13.0 Å². The second-order valence-corrected chi connectivity index (χ2v) is 6.75. The Labute approximate surface area is 154 Å². The van der Waals surface area contributed by atoms with Crippen molar-refractivity contribution in [2.75, 3.05) is 18.4 Å². The van der Waals surface area contributed by atoms with Crippen LogP contribution in [0.5, 0.6) is 5.75 Å². The molecule has 1 fully saturated rings. The molecule has 0 radical (unpaired) electrons. The number of pyridine rings is 1. The van der Waals surface area contributed by atoms with E-state index in [1.165, 1.54) is 6.07 Å². The number of anilines is 1. The van der Waals surface area contributed by atoms with E-state index in [2.05, 4.69) is 5.32 Å². The highest BCUT2D eigenvalue weighted by molar-refractivity contribution is 6.42. The molecule has 0 saturated carbocycles. The smallest absolute Gasteiger partial charge is 0.322 e. The van der Waals surface area contributed by atoms with Crippen LogP contribution in [0.1, 0.15) is 5.69 Å². The Morgan fingerprint density at radius 3 is 2.56 bits per heavy atom. The fourth-order valence-corrected chi connectivity index (χ4v) is 2.75. The Bertz CT molecular complexity index is 876. The molecule has 0 spiro atoms. The van der Waals surface area contributed by atoms with Crippen LogP contribution in [0.3, 0.4) is 0 Å². The van der Waals surface area contributed by atoms with Crippen LogP contribution < -0.4 is 15.6 Å². The van der Waals surface area contributed by atoms with Crippen molar-refractivity contribution in [3.63, 3.8) is 0 Å². The number of halogens is 2. The van der Waals surface area contributed by atoms with Gasteiger partial charge in [-0.2, -0.15) is 0 Å². The Balaban J connectivity index is 1.54. The van der Waals surface area contributed by atoms with Crippen molar-refractivity contribution in [3.8, 4) is 5.75 Å². The molecular weight excluding hydrogens is 365 g/mol. The molecule has 1 aliphatic rings. The van der Waals surface area contributed by atoms with Crippen molar-refractivity contribution in [3.05, 3.63) is 56.4 Å². The number of aryl methyl sites for hydroxylation is 1. The topological polar surface area (TPSA) is 63.6 Å². The number of benzene rings is 1. The summed E-state index contributed by atoms with van der Waals surface area (Å²) in [4.78, 5) is 25.5. The molecule has 3 rings (SSSR count). The lowest BCUT2D eigenvalue weighted by atomic mass is 10.2. The third-order valence-electron chi connectivity index (χ3n) is 4.09. The van der Waals surface area contributed by atoms with Crippen molar-refractivity contribution in [1.82, 2.24) is 9.47 Å². The molecule has 1 saturated heterocycles. The van der Waals surface area contributed by atoms with E-state index in [-0.39, 0.29) is 17.7 Å². The molecule has 0 unspecified atom stereocenters. The summed E-state index contributed by atoms with van der Waals surface area (Å²) in [5.41, 5.74) is 1.27. The van der Waals surface area contributed by atoms with Gasteiger partial charge < -0.3 is 19.5 Å². The minimum Gasteiger partial charge on any atom is -0.486 e. The number of rotatable bonds is 3. The van der Waals surface area contributed by atoms with Crippen LogP contribution in [-0.2, 0) is 7.05 Å². The summed E-state index contributed by atoms with van der Waals surface area (Å²) in [7, 11) is 1.71. The van der Waals surface area contributed by atoms with Crippen LogP contribution in [0.4, 0.5) is 10.5 Å². The fourth-order valence-electron chi connectivity index (χ4n) is 2.45. The number of carbonyl (C=O) groups excluding carboxylic acids is 1. The summed E-state index contributed by atoms with van der Waals surface area (Å²) in [6.07, 6.45) is -0.133. The summed E-state index contributed by atoms with van der Waals surface area (Å²) >= 11 is 11.8. The largest absolute Gasteiger partial charge is 0.486 e. The van der Waals surface area contributed by atoms with Crippen molar-refractivity contribution in [2.24, 2.45) is 7.05 Å². The van der Waals surface area contributed by atoms with Gasteiger partial charge in [0.2, 0.25) is 0 Å². The first kappa shape index (κ1) is 17.6. The molecule has 6 nitrogen and oxygen atoms in total. The minimum atomic E-state index is -0.238. The van der Waals surface area contributed by atoms with E-state index >= 15 is 0 Å². The maximum absolute atomic E-state index is 12.2. The molecule has 1 N–H and O–H groups in total. The van der Waals surface area contributed by atoms with Crippen LogP contribution in [0.2, 0.25) is 10.0 Å². The predicted octanol–water partition coefficient (Wildman–Crippen LogP) is 3.30. The van der Waals surface area contributed by atoms with Gasteiger partial charge in [0.15, 0.2) is 0 Å². The van der Waals surface area contributed by atoms with Gasteiger partial charge >= 0.3 is 6.03 Å². The van der Waals surface area contributed by atoms with E-state index in [9.17, 15) is 9.59 Å². The number of hydrogen-bond acceptors (Lipinski definition) is 3. The van der Waals surface area contributed by atoms with E-state index in [1.54, 1.807) is 40.8 Å². The molecule has 1 aromatic carbocycles. The third kappa shape index (κ3) is 3.91. The van der Waals surface area contributed by atoms with E-state index in [0.717, 1.165) is 5.69 Å². The highest BCUT2D eigenvalue weighted by atomic mass is 35.5. The highest BCUT2D eigenvalue weighted by Gasteiger charge is 2.32. The van der Waals surface area contributed by atoms with E-state index in [4.69, 9.17) is 27.9 Å². The van der Waals surface area contributed by atoms with Crippen molar-refractivity contribution >= 4 is 34.9 Å². The lowest BCUT2D eigenvalue weighted by molar-refractivity contribution is 0.0490. The van der Waals surface area contributed by atoms with Crippen molar-refractivity contribution < 1.29 is 9.53 Å². The number of nitrogens with one attached hydrogen (secondary N) is 1. The van der Waals surface area contributed by atoms with Gasteiger partial charge in [-0.25, -0.2) is 4.79 Å². The van der Waals surface area contributed by atoms with Gasteiger partial charge in [0.25, 0.3) is 5.56 Å². The maximum atomic E-state index is 12.2. The maximum Gasteiger partial charge on any atom is 0.322 e. The number of likely N-dealkylation sites (tertiary alicyclic amines) is 1. The molecule has 0 bridgehead atoms. The summed E-state index contributed by atoms with van der Waals surface area (Å²) in [6.45, 7) is 2.73. The van der Waals surface area contributed by atoms with Crippen molar-refractivity contribution in [1.29, 1.82) is 0 Å². The summed E-state index contributed by atoms with van der Waals surface area (Å²) in [5.74, 6) is 0.523. The van der Waals surface area contributed by atoms with Gasteiger partial charge in [-0.1, -0.05) is 23.2 Å². The summed E-state index contributed by atoms with van der Waals surface area (Å²) < 4.78 is 7.31. The molecular formula is C17H17Cl2N3O3. The van der Waals surface area contributed by atoms with Crippen LogP contribution in [0.25, 0.3) is 0 Å². The normalized spacial score (nSPS) is 14.2. The average Bonchev–Trinajstić information content (AvgIpc) is 2.51. The lowest BCUT2D eigenvalue weighted by Gasteiger charge is -2.38. The molecule has 0 atom stereocenters. The number of nitrogens with zero attached hydrogens (tertiary/aromatic N) is 2. The number of aromatic nitrogens is 1. The van der Waals surface area contributed by atoms with Gasteiger partial charge in [-0.15, -0.1) is 0 Å². The summed E-state index contributed by atoms with van der Waals surface area (Å²) in [6, 6.07) is 7.92. The SMILES string of the molecule is Cc1cc(OC2CN(C(=O)Nc3ccc(Cl)c(Cl)c3)C2)cc(=O)n1C. The monoisotopic (exact) mass is 381 g/mol. The Morgan fingerprint density at radius 1 is 1.20 bits per heavy atom. The lowest BCUT2D eigenvalue weighted by Crippen LogP contribution is -2.57. The molecule has 132 valence electrons. The number of urea groups is 1. The molecule has 2 amide bonds. The average molecular weight is 382 g/mol. The fraction of sp³-hybridized carbons (Fsp3) is 0.294. The zero-order valence-corrected chi connectivity index (χ0v) is 15.3. The highest BCUT2D eigenvalue weighted by Crippen LogP contribution is 2.25. The predicted molar refractivity (Wildman–Crippen MR) is 97.9 cm³/mol. The Hall–Kier alpha value is -2.18. The first-order valence-electron chi connectivity index (χ1n) is 7.69. The van der Waals surface area contributed by atoms with E-state index in [1.807, 2.05) is 6.92 Å². The molecule has 2 aromatic rings. The molecule has 25 heavy (non-hydrogen) atoms. The van der Waals surface area contributed by atoms with E-state index in [0.29, 0.717) is 34.6 Å². The number of hydrogen-bond donors (Lipinski definition) is 1. The zero-order chi connectivity index (χ0) is 18.1. The van der Waals surface area contributed by atoms with E-state index < -0.39 is 0 Å². The molecule has 8 heteroatoms. The number of ether oxygens (including phenoxy) is 1. The minimum absolute atomic E-state index is 0.122. The number of amides is 2. The van der Waals surface area contributed by atoms with Gasteiger partial charge in [0.1, 0.15) is 11.9 Å². The van der Waals surface area contributed by atoms with Gasteiger partial charge in [0, 0.05) is 24.5 Å². The molecule has 0 aliphatic carbocycles. The first-order valence-corrected chi connectivity index (χ1v) is 8.44. The third-order valence-corrected chi connectivity index (χ3v) is 4.82. The quantitative estimate of drug-likeness (QED) is 0.886. The number of carbonyl (C=O) groups is 1. The molecule has 1 aliphatic heterocycles. The second-order valence-electron chi connectivity index (χ2n) is 5.93. The Kier molecular flexibility index (Phi) is 4.92. The van der Waals surface area contributed by atoms with Crippen LogP contribution >= 0.6 is 23.2 Å². The molecule has 1 aromatic heterocycles. The first-order chi connectivity index (χ1) is 11.8. The van der Waals surface area contributed by atoms with Gasteiger partial charge in [-0.05, 0) is 31.2 Å².